The molecule has 0 unspecified atom stereocenters. The molecule has 112 valence electrons. The summed E-state index contributed by atoms with van der Waals surface area (Å²) in [7, 11) is 0. The van der Waals surface area contributed by atoms with Gasteiger partial charge in [-0.15, -0.1) is 0 Å². The van der Waals surface area contributed by atoms with Gasteiger partial charge in [-0.2, -0.15) is 9.97 Å². The summed E-state index contributed by atoms with van der Waals surface area (Å²) in [4.78, 5) is 15.1. The summed E-state index contributed by atoms with van der Waals surface area (Å²) in [6, 6.07) is 1.96. The first kappa shape index (κ1) is 13.9. The highest BCUT2D eigenvalue weighted by molar-refractivity contribution is 5.89. The third-order valence-electron chi connectivity index (χ3n) is 3.64. The topological polar surface area (TPSA) is 80.0 Å². The molecule has 3 N–H and O–H groups in total. The lowest BCUT2D eigenvalue weighted by molar-refractivity contribution is 0.0698. The Kier molecular flexibility index (Phi) is 3.59. The highest BCUT2D eigenvalue weighted by atomic mass is 19.1. The molecule has 21 heavy (non-hydrogen) atoms. The lowest BCUT2D eigenvalue weighted by atomic mass is 10.1. The second-order valence-corrected chi connectivity index (χ2v) is 5.50. The Hall–Kier alpha value is -2.02. The van der Waals surface area contributed by atoms with Gasteiger partial charge in [-0.05, 0) is 25.5 Å². The molecule has 0 aromatic carbocycles. The fourth-order valence-electron chi connectivity index (χ4n) is 2.60. The van der Waals surface area contributed by atoms with Gasteiger partial charge in [0, 0.05) is 31.9 Å². The van der Waals surface area contributed by atoms with Crippen molar-refractivity contribution in [3.05, 3.63) is 17.3 Å². The number of pyridine rings is 1. The van der Waals surface area contributed by atoms with Crippen LogP contribution in [0.15, 0.2) is 6.07 Å². The molecule has 1 aliphatic rings. The van der Waals surface area contributed by atoms with Crippen molar-refractivity contribution in [3.8, 4) is 0 Å². The van der Waals surface area contributed by atoms with Crippen molar-refractivity contribution in [2.45, 2.75) is 20.0 Å². The Morgan fingerprint density at radius 2 is 2.10 bits per heavy atom. The van der Waals surface area contributed by atoms with E-state index in [1.807, 2.05) is 24.8 Å². The number of hydrogen-bond donors (Lipinski definition) is 2. The third-order valence-corrected chi connectivity index (χ3v) is 3.64. The molecule has 2 aromatic heterocycles. The normalized spacial score (nSPS) is 16.1. The van der Waals surface area contributed by atoms with Crippen LogP contribution in [0, 0.1) is 13.8 Å². The van der Waals surface area contributed by atoms with E-state index in [1.54, 1.807) is 0 Å². The van der Waals surface area contributed by atoms with Gasteiger partial charge in [-0.1, -0.05) is 0 Å². The molecule has 0 saturated carbocycles. The zero-order valence-electron chi connectivity index (χ0n) is 12.2. The first-order valence-electron chi connectivity index (χ1n) is 7.04. The van der Waals surface area contributed by atoms with Crippen LogP contribution in [0.3, 0.4) is 0 Å². The monoisotopic (exact) mass is 290 g/mol. The highest BCUT2D eigenvalue weighted by Gasteiger charge is 2.25. The van der Waals surface area contributed by atoms with Gasteiger partial charge in [0.05, 0.1) is 5.39 Å². The number of nitrogens with one attached hydrogen (secondary N) is 1. The van der Waals surface area contributed by atoms with Gasteiger partial charge in [0.15, 0.2) is 5.65 Å². The van der Waals surface area contributed by atoms with Crippen LogP contribution in [0.2, 0.25) is 0 Å². The predicted molar refractivity (Wildman–Crippen MR) is 81.0 cm³/mol. The number of hydrogen-bond acceptors (Lipinski definition) is 6. The first-order chi connectivity index (χ1) is 10.0. The summed E-state index contributed by atoms with van der Waals surface area (Å²) in [5.74, 6) is 0.898. The molecule has 6 nitrogen and oxygen atoms in total. The van der Waals surface area contributed by atoms with Crippen molar-refractivity contribution in [2.75, 3.05) is 37.2 Å². The maximum atomic E-state index is 12.7. The summed E-state index contributed by atoms with van der Waals surface area (Å²) >= 11 is 0. The minimum Gasteiger partial charge on any atom is -0.383 e. The van der Waals surface area contributed by atoms with Crippen molar-refractivity contribution in [2.24, 2.45) is 0 Å². The average molecular weight is 290 g/mol. The molecule has 0 spiro atoms. The van der Waals surface area contributed by atoms with Gasteiger partial charge >= 0.3 is 0 Å². The Morgan fingerprint density at radius 3 is 2.81 bits per heavy atom. The SMILES string of the molecule is Cc1cc(C)c2c(N)nc(NCCN3CC(F)C3)nc2n1. The minimum absolute atomic E-state index is 0.431. The number of alkyl halides is 1. The molecular weight excluding hydrogens is 271 g/mol. The molecule has 0 aliphatic carbocycles. The average Bonchev–Trinajstić information content (AvgIpc) is 2.35. The van der Waals surface area contributed by atoms with Gasteiger partial charge < -0.3 is 11.1 Å². The van der Waals surface area contributed by atoms with Crippen LogP contribution < -0.4 is 11.1 Å². The quantitative estimate of drug-likeness (QED) is 0.883. The van der Waals surface area contributed by atoms with Crippen LogP contribution in [0.25, 0.3) is 11.0 Å². The maximum Gasteiger partial charge on any atom is 0.226 e. The Morgan fingerprint density at radius 1 is 1.33 bits per heavy atom. The van der Waals surface area contributed by atoms with Gasteiger partial charge in [-0.3, -0.25) is 4.90 Å². The molecule has 3 rings (SSSR count). The molecule has 0 bridgehead atoms. The fraction of sp³-hybridized carbons (Fsp3) is 0.500. The zero-order chi connectivity index (χ0) is 15.0. The molecule has 1 aliphatic heterocycles. The van der Waals surface area contributed by atoms with Crippen LogP contribution in [0.5, 0.6) is 0 Å². The number of nitrogens with zero attached hydrogens (tertiary/aromatic N) is 4. The molecule has 7 heteroatoms. The molecule has 0 amide bonds. The molecule has 0 atom stereocenters. The fourth-order valence-corrected chi connectivity index (χ4v) is 2.60. The van der Waals surface area contributed by atoms with Crippen LogP contribution in [0.4, 0.5) is 16.2 Å². The molecule has 3 heterocycles. The van der Waals surface area contributed by atoms with Gasteiger partial charge in [0.1, 0.15) is 12.0 Å². The van der Waals surface area contributed by atoms with E-state index in [2.05, 4.69) is 20.3 Å². The van der Waals surface area contributed by atoms with E-state index in [1.165, 1.54) is 0 Å². The molecule has 0 radical (unpaired) electrons. The number of rotatable bonds is 4. The van der Waals surface area contributed by atoms with Crippen molar-refractivity contribution in [1.82, 2.24) is 19.9 Å². The molecular formula is C14H19FN6. The molecule has 1 saturated heterocycles. The van der Waals surface area contributed by atoms with Crippen molar-refractivity contribution in [3.63, 3.8) is 0 Å². The second kappa shape index (κ2) is 5.40. The molecule has 2 aromatic rings. The smallest absolute Gasteiger partial charge is 0.226 e. The van der Waals surface area contributed by atoms with Gasteiger partial charge in [0.2, 0.25) is 5.95 Å². The van der Waals surface area contributed by atoms with Crippen molar-refractivity contribution < 1.29 is 4.39 Å². The summed E-state index contributed by atoms with van der Waals surface area (Å²) in [6.45, 7) is 6.35. The van der Waals surface area contributed by atoms with E-state index < -0.39 is 6.17 Å². The summed E-state index contributed by atoms with van der Waals surface area (Å²) in [5.41, 5.74) is 8.54. The zero-order valence-corrected chi connectivity index (χ0v) is 12.2. The van der Waals surface area contributed by atoms with Crippen molar-refractivity contribution >= 4 is 22.8 Å². The number of nitrogens with two attached hydrogens (primary N) is 1. The van der Waals surface area contributed by atoms with E-state index >= 15 is 0 Å². The Bertz CT molecular complexity index is 668. The summed E-state index contributed by atoms with van der Waals surface area (Å²) < 4.78 is 12.7. The highest BCUT2D eigenvalue weighted by Crippen LogP contribution is 2.22. The lowest BCUT2D eigenvalue weighted by Gasteiger charge is -2.34. The maximum absolute atomic E-state index is 12.7. The standard InChI is InChI=1S/C14H19FN6/c1-8-5-9(2)18-13-11(8)12(16)19-14(20-13)17-3-4-21-6-10(15)7-21/h5,10H,3-4,6-7H2,1-2H3,(H3,16,17,18,19,20). The number of aryl methyl sites for hydroxylation is 2. The van der Waals surface area contributed by atoms with Gasteiger partial charge in [-0.25, -0.2) is 9.37 Å². The molecule has 1 fully saturated rings. The Balaban J connectivity index is 1.74. The first-order valence-corrected chi connectivity index (χ1v) is 7.04. The number of halogens is 1. The Labute approximate surface area is 122 Å². The van der Waals surface area contributed by atoms with Gasteiger partial charge in [0.25, 0.3) is 0 Å². The minimum atomic E-state index is -0.673. The second-order valence-electron chi connectivity index (χ2n) is 5.50. The van der Waals surface area contributed by atoms with E-state index in [-0.39, 0.29) is 0 Å². The van der Waals surface area contributed by atoms with Crippen LogP contribution in [-0.4, -0.2) is 52.2 Å². The number of anilines is 2. The third kappa shape index (κ3) is 2.87. The summed E-state index contributed by atoms with van der Waals surface area (Å²) in [5, 5.41) is 3.92. The predicted octanol–water partition coefficient (Wildman–Crippen LogP) is 1.29. The van der Waals surface area contributed by atoms with E-state index in [0.29, 0.717) is 37.0 Å². The largest absolute Gasteiger partial charge is 0.383 e. The number of aromatic nitrogens is 3. The van der Waals surface area contributed by atoms with E-state index in [4.69, 9.17) is 5.73 Å². The van der Waals surface area contributed by atoms with E-state index in [0.717, 1.165) is 23.2 Å². The lowest BCUT2D eigenvalue weighted by Crippen LogP contribution is -2.49. The summed E-state index contributed by atoms with van der Waals surface area (Å²) in [6.07, 6.45) is -0.673. The van der Waals surface area contributed by atoms with Crippen LogP contribution in [-0.2, 0) is 0 Å². The van der Waals surface area contributed by atoms with Crippen LogP contribution in [0.1, 0.15) is 11.3 Å². The van der Waals surface area contributed by atoms with E-state index in [9.17, 15) is 4.39 Å². The van der Waals surface area contributed by atoms with Crippen molar-refractivity contribution in [1.29, 1.82) is 0 Å². The number of nitrogen functional groups attached to an aromatic ring is 1. The number of likely N-dealkylation sites (tertiary alicyclic amines) is 1. The van der Waals surface area contributed by atoms with Crippen LogP contribution >= 0.6 is 0 Å². The number of fused-ring (bicyclic) bond motifs is 1.